The summed E-state index contributed by atoms with van der Waals surface area (Å²) in [6.45, 7) is 8.29. The van der Waals surface area contributed by atoms with Gasteiger partial charge in [0.05, 0.1) is 18.2 Å². The number of nitrogens with one attached hydrogen (secondary N) is 1. The van der Waals surface area contributed by atoms with Crippen molar-refractivity contribution in [1.82, 2.24) is 5.32 Å². The summed E-state index contributed by atoms with van der Waals surface area (Å²) in [5.74, 6) is -0.215. The van der Waals surface area contributed by atoms with Gasteiger partial charge in [0.15, 0.2) is 0 Å². The van der Waals surface area contributed by atoms with Crippen molar-refractivity contribution in [1.29, 1.82) is 5.26 Å². The number of nitrogens with zero attached hydrogens (tertiary/aromatic N) is 2. The standard InChI is InChI=1S/C16H24FN3/c1-4-11-19-13(3)14-8-6-9-15(17)16(14)20(5-2)12-7-10-18/h6,8-9,13,19H,4-5,7,11-12H2,1-3H3. The van der Waals surface area contributed by atoms with Gasteiger partial charge in [-0.1, -0.05) is 19.1 Å². The number of hydrogen-bond acceptors (Lipinski definition) is 3. The molecule has 20 heavy (non-hydrogen) atoms. The molecule has 0 bridgehead atoms. The van der Waals surface area contributed by atoms with Gasteiger partial charge in [0.2, 0.25) is 0 Å². The number of para-hydroxylation sites is 1. The maximum absolute atomic E-state index is 14.2. The summed E-state index contributed by atoms with van der Waals surface area (Å²) in [7, 11) is 0. The smallest absolute Gasteiger partial charge is 0.146 e. The third-order valence-corrected chi connectivity index (χ3v) is 3.38. The van der Waals surface area contributed by atoms with Crippen LogP contribution in [0.25, 0.3) is 0 Å². The summed E-state index contributed by atoms with van der Waals surface area (Å²) >= 11 is 0. The molecule has 0 saturated carbocycles. The Morgan fingerprint density at radius 3 is 2.75 bits per heavy atom. The SMILES string of the molecule is CCCNC(C)c1cccc(F)c1N(CC)CCC#N. The van der Waals surface area contributed by atoms with E-state index < -0.39 is 0 Å². The predicted octanol–water partition coefficient (Wildman–Crippen LogP) is 3.63. The highest BCUT2D eigenvalue weighted by Gasteiger charge is 2.18. The third-order valence-electron chi connectivity index (χ3n) is 3.38. The van der Waals surface area contributed by atoms with Crippen LogP contribution in [0.3, 0.4) is 0 Å². The summed E-state index contributed by atoms with van der Waals surface area (Å²) in [4.78, 5) is 1.94. The van der Waals surface area contributed by atoms with Crippen molar-refractivity contribution in [3.05, 3.63) is 29.6 Å². The van der Waals surface area contributed by atoms with Gasteiger partial charge < -0.3 is 10.2 Å². The molecule has 0 aromatic heterocycles. The lowest BCUT2D eigenvalue weighted by molar-refractivity contribution is 0.558. The Balaban J connectivity index is 3.06. The summed E-state index contributed by atoms with van der Waals surface area (Å²) in [5.41, 5.74) is 1.58. The average Bonchev–Trinajstić information content (AvgIpc) is 2.46. The van der Waals surface area contributed by atoms with E-state index in [0.717, 1.165) is 18.5 Å². The van der Waals surface area contributed by atoms with Gasteiger partial charge in [0.1, 0.15) is 5.82 Å². The molecule has 1 aromatic carbocycles. The van der Waals surface area contributed by atoms with Crippen molar-refractivity contribution in [2.45, 2.75) is 39.7 Å². The molecule has 0 fully saturated rings. The molecular weight excluding hydrogens is 253 g/mol. The number of hydrogen-bond donors (Lipinski definition) is 1. The van der Waals surface area contributed by atoms with Gasteiger partial charge in [-0.15, -0.1) is 0 Å². The van der Waals surface area contributed by atoms with E-state index in [1.807, 2.05) is 24.8 Å². The van der Waals surface area contributed by atoms with E-state index in [2.05, 4.69) is 18.3 Å². The van der Waals surface area contributed by atoms with E-state index in [1.165, 1.54) is 6.07 Å². The lowest BCUT2D eigenvalue weighted by atomic mass is 10.0. The van der Waals surface area contributed by atoms with Crippen molar-refractivity contribution in [3.8, 4) is 6.07 Å². The van der Waals surface area contributed by atoms with Crippen LogP contribution < -0.4 is 10.2 Å². The molecule has 1 aromatic rings. The molecule has 0 aliphatic rings. The number of benzene rings is 1. The van der Waals surface area contributed by atoms with E-state index >= 15 is 0 Å². The van der Waals surface area contributed by atoms with Crippen LogP contribution in [0.1, 0.15) is 45.2 Å². The summed E-state index contributed by atoms with van der Waals surface area (Å²) < 4.78 is 14.2. The van der Waals surface area contributed by atoms with Crippen LogP contribution in [0.4, 0.5) is 10.1 Å². The maximum atomic E-state index is 14.2. The Labute approximate surface area is 121 Å². The Morgan fingerprint density at radius 2 is 2.15 bits per heavy atom. The lowest BCUT2D eigenvalue weighted by Crippen LogP contribution is -2.28. The number of rotatable bonds is 8. The minimum Gasteiger partial charge on any atom is -0.368 e. The molecule has 0 aliphatic carbocycles. The van der Waals surface area contributed by atoms with Gasteiger partial charge >= 0.3 is 0 Å². The molecule has 3 nitrogen and oxygen atoms in total. The van der Waals surface area contributed by atoms with Gasteiger partial charge in [-0.05, 0) is 38.4 Å². The van der Waals surface area contributed by atoms with Crippen LogP contribution >= 0.6 is 0 Å². The summed E-state index contributed by atoms with van der Waals surface area (Å²) in [6.07, 6.45) is 1.44. The van der Waals surface area contributed by atoms with E-state index in [0.29, 0.717) is 25.2 Å². The minimum absolute atomic E-state index is 0.0942. The molecule has 1 unspecified atom stereocenters. The lowest BCUT2D eigenvalue weighted by Gasteiger charge is -2.28. The van der Waals surface area contributed by atoms with Crippen LogP contribution in [-0.4, -0.2) is 19.6 Å². The molecule has 0 heterocycles. The van der Waals surface area contributed by atoms with Gasteiger partial charge in [-0.2, -0.15) is 5.26 Å². The number of halogens is 1. The maximum Gasteiger partial charge on any atom is 0.146 e. The topological polar surface area (TPSA) is 39.1 Å². The first-order valence-corrected chi connectivity index (χ1v) is 7.29. The first kappa shape index (κ1) is 16.5. The molecule has 1 rings (SSSR count). The Hall–Kier alpha value is -1.60. The van der Waals surface area contributed by atoms with Crippen LogP contribution in [0.15, 0.2) is 18.2 Å². The molecular formula is C16H24FN3. The second kappa shape index (κ2) is 8.55. The second-order valence-corrected chi connectivity index (χ2v) is 4.84. The van der Waals surface area contributed by atoms with Crippen molar-refractivity contribution < 1.29 is 4.39 Å². The van der Waals surface area contributed by atoms with E-state index in [9.17, 15) is 4.39 Å². The van der Waals surface area contributed by atoms with Gasteiger partial charge in [-0.3, -0.25) is 0 Å². The van der Waals surface area contributed by atoms with Gasteiger partial charge in [-0.25, -0.2) is 4.39 Å². The minimum atomic E-state index is -0.215. The highest BCUT2D eigenvalue weighted by Crippen LogP contribution is 2.29. The predicted molar refractivity (Wildman–Crippen MR) is 81.2 cm³/mol. The molecule has 4 heteroatoms. The van der Waals surface area contributed by atoms with Crippen molar-refractivity contribution in [2.24, 2.45) is 0 Å². The van der Waals surface area contributed by atoms with Gasteiger partial charge in [0.25, 0.3) is 0 Å². The molecule has 110 valence electrons. The van der Waals surface area contributed by atoms with Crippen LogP contribution in [-0.2, 0) is 0 Å². The molecule has 0 amide bonds. The molecule has 0 radical (unpaired) electrons. The zero-order valence-corrected chi connectivity index (χ0v) is 12.6. The van der Waals surface area contributed by atoms with Crippen molar-refractivity contribution >= 4 is 5.69 Å². The average molecular weight is 277 g/mol. The molecule has 0 saturated heterocycles. The number of nitriles is 1. The van der Waals surface area contributed by atoms with Crippen molar-refractivity contribution in [2.75, 3.05) is 24.5 Å². The zero-order chi connectivity index (χ0) is 15.0. The Kier molecular flexibility index (Phi) is 7.03. The highest BCUT2D eigenvalue weighted by atomic mass is 19.1. The fourth-order valence-corrected chi connectivity index (χ4v) is 2.30. The first-order chi connectivity index (χ1) is 9.65. The second-order valence-electron chi connectivity index (χ2n) is 4.84. The molecule has 0 aliphatic heterocycles. The normalized spacial score (nSPS) is 11.9. The van der Waals surface area contributed by atoms with Crippen LogP contribution in [0, 0.1) is 17.1 Å². The first-order valence-electron chi connectivity index (χ1n) is 7.29. The quantitative estimate of drug-likeness (QED) is 0.788. The largest absolute Gasteiger partial charge is 0.368 e. The fourth-order valence-electron chi connectivity index (χ4n) is 2.30. The van der Waals surface area contributed by atoms with E-state index in [4.69, 9.17) is 5.26 Å². The van der Waals surface area contributed by atoms with E-state index in [-0.39, 0.29) is 11.9 Å². The summed E-state index contributed by atoms with van der Waals surface area (Å²) in [5, 5.41) is 12.1. The monoisotopic (exact) mass is 277 g/mol. The van der Waals surface area contributed by atoms with Crippen LogP contribution in [0.2, 0.25) is 0 Å². The number of anilines is 1. The van der Waals surface area contributed by atoms with Crippen molar-refractivity contribution in [3.63, 3.8) is 0 Å². The summed E-state index contributed by atoms with van der Waals surface area (Å²) in [6, 6.07) is 7.41. The van der Waals surface area contributed by atoms with Gasteiger partial charge in [0, 0.05) is 19.1 Å². The highest BCUT2D eigenvalue weighted by molar-refractivity contribution is 5.56. The van der Waals surface area contributed by atoms with Crippen LogP contribution in [0.5, 0.6) is 0 Å². The third kappa shape index (κ3) is 4.21. The molecule has 0 spiro atoms. The Morgan fingerprint density at radius 1 is 1.40 bits per heavy atom. The molecule has 1 N–H and O–H groups in total. The van der Waals surface area contributed by atoms with E-state index in [1.54, 1.807) is 6.07 Å². The fraction of sp³-hybridized carbons (Fsp3) is 0.562. The molecule has 1 atom stereocenters. The zero-order valence-electron chi connectivity index (χ0n) is 12.6. The Bertz CT molecular complexity index is 454.